The fourth-order valence-corrected chi connectivity index (χ4v) is 1.55. The number of hydrogen-bond donors (Lipinski definition) is 0. The summed E-state index contributed by atoms with van der Waals surface area (Å²) in [6.45, 7) is 2.25. The van der Waals surface area contributed by atoms with Crippen molar-refractivity contribution >= 4 is 0 Å². The van der Waals surface area contributed by atoms with Gasteiger partial charge in [0.05, 0.1) is 5.60 Å². The maximum absolute atomic E-state index is 5.39. The highest BCUT2D eigenvalue weighted by molar-refractivity contribution is 5.12. The highest BCUT2D eigenvalue weighted by atomic mass is 16.5. The van der Waals surface area contributed by atoms with Gasteiger partial charge >= 0.3 is 0 Å². The van der Waals surface area contributed by atoms with Crippen molar-refractivity contribution in [3.8, 4) is 0 Å². The van der Waals surface area contributed by atoms with Gasteiger partial charge in [-0.15, -0.1) is 0 Å². The third-order valence-electron chi connectivity index (χ3n) is 2.80. The average Bonchev–Trinajstić information content (AvgIpc) is 2.92. The molecule has 1 saturated carbocycles. The Labute approximate surface area is 82.2 Å². The largest absolute Gasteiger partial charge is 0.374 e. The molecule has 0 heterocycles. The van der Waals surface area contributed by atoms with Crippen LogP contribution in [0.25, 0.3) is 0 Å². The highest BCUT2D eigenvalue weighted by Gasteiger charge is 2.39. The van der Waals surface area contributed by atoms with Crippen molar-refractivity contribution in [1.29, 1.82) is 0 Å². The zero-order chi connectivity index (χ0) is 9.57. The maximum Gasteiger partial charge on any atom is 0.0861 e. The first-order valence-electron chi connectivity index (χ1n) is 5.56. The minimum Gasteiger partial charge on any atom is -0.374 e. The predicted molar refractivity (Wildman–Crippen MR) is 56.9 cm³/mol. The lowest BCUT2D eigenvalue weighted by atomic mass is 10.1. The molecule has 0 aromatic heterocycles. The van der Waals surface area contributed by atoms with Crippen molar-refractivity contribution in [2.75, 3.05) is 7.11 Å². The highest BCUT2D eigenvalue weighted by Crippen LogP contribution is 2.40. The molecule has 0 atom stereocenters. The van der Waals surface area contributed by atoms with Crippen LogP contribution in [0.15, 0.2) is 12.2 Å². The Morgan fingerprint density at radius 1 is 1.23 bits per heavy atom. The summed E-state index contributed by atoms with van der Waals surface area (Å²) in [6, 6.07) is 0. The molecule has 0 spiro atoms. The van der Waals surface area contributed by atoms with Crippen LogP contribution >= 0.6 is 0 Å². The molecule has 1 nitrogen and oxygen atoms in total. The molecule has 0 aromatic rings. The van der Waals surface area contributed by atoms with Crippen molar-refractivity contribution in [3.05, 3.63) is 12.2 Å². The van der Waals surface area contributed by atoms with E-state index in [0.717, 1.165) is 0 Å². The summed E-state index contributed by atoms with van der Waals surface area (Å²) in [6.07, 6.45) is 13.6. The standard InChI is InChI=1S/C12H22O/c1-3-4-5-6-7-8-9-12(13-2)10-11-12/h8-9H,3-7,10-11H2,1-2H3/b9-8+. The molecule has 0 saturated heterocycles. The summed E-state index contributed by atoms with van der Waals surface area (Å²) >= 11 is 0. The van der Waals surface area contributed by atoms with Crippen LogP contribution in [0.5, 0.6) is 0 Å². The second-order valence-corrected chi connectivity index (χ2v) is 4.02. The van der Waals surface area contributed by atoms with Gasteiger partial charge in [-0.2, -0.15) is 0 Å². The van der Waals surface area contributed by atoms with Gasteiger partial charge < -0.3 is 4.74 Å². The minimum atomic E-state index is 0.157. The summed E-state index contributed by atoms with van der Waals surface area (Å²) in [7, 11) is 1.81. The quantitative estimate of drug-likeness (QED) is 0.431. The fourth-order valence-electron chi connectivity index (χ4n) is 1.55. The molecule has 0 bridgehead atoms. The van der Waals surface area contributed by atoms with E-state index in [1.54, 1.807) is 0 Å². The first-order chi connectivity index (χ1) is 6.33. The van der Waals surface area contributed by atoms with Crippen LogP contribution < -0.4 is 0 Å². The van der Waals surface area contributed by atoms with Crippen LogP contribution in [0.1, 0.15) is 51.9 Å². The third kappa shape index (κ3) is 3.95. The SMILES string of the molecule is CCCCCC/C=C/C1(OC)CC1. The molecule has 0 N–H and O–H groups in total. The van der Waals surface area contributed by atoms with Crippen LogP contribution in [0.4, 0.5) is 0 Å². The Morgan fingerprint density at radius 2 is 2.00 bits per heavy atom. The molecule has 76 valence electrons. The molecule has 1 heteroatoms. The van der Waals surface area contributed by atoms with E-state index in [-0.39, 0.29) is 5.60 Å². The van der Waals surface area contributed by atoms with E-state index in [9.17, 15) is 0 Å². The first-order valence-corrected chi connectivity index (χ1v) is 5.56. The minimum absolute atomic E-state index is 0.157. The third-order valence-corrected chi connectivity index (χ3v) is 2.80. The zero-order valence-corrected chi connectivity index (χ0v) is 9.01. The molecular formula is C12H22O. The molecule has 0 aliphatic heterocycles. The number of ether oxygens (including phenoxy) is 1. The maximum atomic E-state index is 5.39. The lowest BCUT2D eigenvalue weighted by Gasteiger charge is -2.05. The van der Waals surface area contributed by atoms with Gasteiger partial charge in [0.15, 0.2) is 0 Å². The number of rotatable bonds is 7. The molecule has 1 fully saturated rings. The van der Waals surface area contributed by atoms with Gasteiger partial charge in [-0.1, -0.05) is 38.3 Å². The van der Waals surface area contributed by atoms with Crippen LogP contribution in [0.3, 0.4) is 0 Å². The summed E-state index contributed by atoms with van der Waals surface area (Å²) in [4.78, 5) is 0. The molecule has 0 aromatic carbocycles. The smallest absolute Gasteiger partial charge is 0.0861 e. The summed E-state index contributed by atoms with van der Waals surface area (Å²) in [5.41, 5.74) is 0.157. The average molecular weight is 182 g/mol. The Kier molecular flexibility index (Phi) is 4.51. The normalized spacial score (nSPS) is 19.5. The van der Waals surface area contributed by atoms with Crippen LogP contribution in [0.2, 0.25) is 0 Å². The van der Waals surface area contributed by atoms with E-state index in [1.165, 1.54) is 44.9 Å². The Bertz CT molecular complexity index is 157. The van der Waals surface area contributed by atoms with Gasteiger partial charge in [-0.3, -0.25) is 0 Å². The van der Waals surface area contributed by atoms with Crippen LogP contribution in [-0.4, -0.2) is 12.7 Å². The van der Waals surface area contributed by atoms with Crippen LogP contribution in [0, 0.1) is 0 Å². The molecule has 1 rings (SSSR count). The van der Waals surface area contributed by atoms with Crippen molar-refractivity contribution in [3.63, 3.8) is 0 Å². The number of unbranched alkanes of at least 4 members (excludes halogenated alkanes) is 4. The fraction of sp³-hybridized carbons (Fsp3) is 0.833. The van der Waals surface area contributed by atoms with Crippen molar-refractivity contribution in [1.82, 2.24) is 0 Å². The number of allylic oxidation sites excluding steroid dienone is 1. The summed E-state index contributed by atoms with van der Waals surface area (Å²) in [5.74, 6) is 0. The molecule has 0 unspecified atom stereocenters. The van der Waals surface area contributed by atoms with E-state index in [4.69, 9.17) is 4.74 Å². The molecule has 1 aliphatic rings. The number of hydrogen-bond acceptors (Lipinski definition) is 1. The molecule has 1 aliphatic carbocycles. The lowest BCUT2D eigenvalue weighted by Crippen LogP contribution is -2.05. The van der Waals surface area contributed by atoms with Crippen molar-refractivity contribution in [2.45, 2.75) is 57.5 Å². The zero-order valence-electron chi connectivity index (χ0n) is 9.01. The van der Waals surface area contributed by atoms with E-state index >= 15 is 0 Å². The van der Waals surface area contributed by atoms with E-state index in [0.29, 0.717) is 0 Å². The molecule has 13 heavy (non-hydrogen) atoms. The van der Waals surface area contributed by atoms with E-state index < -0.39 is 0 Å². The lowest BCUT2D eigenvalue weighted by molar-refractivity contribution is 0.121. The number of methoxy groups -OCH3 is 1. The van der Waals surface area contributed by atoms with E-state index in [1.807, 2.05) is 7.11 Å². The molecule has 0 radical (unpaired) electrons. The van der Waals surface area contributed by atoms with E-state index in [2.05, 4.69) is 19.1 Å². The van der Waals surface area contributed by atoms with Gasteiger partial charge in [0, 0.05) is 7.11 Å². The summed E-state index contributed by atoms with van der Waals surface area (Å²) < 4.78 is 5.39. The Morgan fingerprint density at radius 3 is 2.54 bits per heavy atom. The van der Waals surface area contributed by atoms with Crippen LogP contribution in [-0.2, 0) is 4.74 Å². The Hall–Kier alpha value is -0.300. The second kappa shape index (κ2) is 5.43. The first kappa shape index (κ1) is 10.8. The van der Waals surface area contributed by atoms with Gasteiger partial charge in [-0.05, 0) is 25.7 Å². The van der Waals surface area contributed by atoms with Gasteiger partial charge in [0.25, 0.3) is 0 Å². The second-order valence-electron chi connectivity index (χ2n) is 4.02. The Balaban J connectivity index is 1.99. The monoisotopic (exact) mass is 182 g/mol. The van der Waals surface area contributed by atoms with Gasteiger partial charge in [0.2, 0.25) is 0 Å². The molecule has 0 amide bonds. The predicted octanol–water partition coefficient (Wildman–Crippen LogP) is 3.69. The molecular weight excluding hydrogens is 160 g/mol. The van der Waals surface area contributed by atoms with Crippen molar-refractivity contribution < 1.29 is 4.74 Å². The van der Waals surface area contributed by atoms with Gasteiger partial charge in [-0.25, -0.2) is 0 Å². The summed E-state index contributed by atoms with van der Waals surface area (Å²) in [5, 5.41) is 0. The van der Waals surface area contributed by atoms with Gasteiger partial charge in [0.1, 0.15) is 0 Å². The van der Waals surface area contributed by atoms with Crippen molar-refractivity contribution in [2.24, 2.45) is 0 Å². The topological polar surface area (TPSA) is 9.23 Å².